The number of rotatable bonds is 6. The molecule has 0 aliphatic carbocycles. The van der Waals surface area contributed by atoms with E-state index in [4.69, 9.17) is 0 Å². The van der Waals surface area contributed by atoms with Gasteiger partial charge in [-0.1, -0.05) is 48.5 Å². The Balaban J connectivity index is 0.00000208. The summed E-state index contributed by atoms with van der Waals surface area (Å²) in [6.07, 6.45) is 4.19. The van der Waals surface area contributed by atoms with E-state index in [1.807, 2.05) is 24.3 Å². The van der Waals surface area contributed by atoms with Gasteiger partial charge in [0.15, 0.2) is 0 Å². The van der Waals surface area contributed by atoms with Gasteiger partial charge in [0, 0.05) is 18.2 Å². The molecule has 1 aliphatic rings. The van der Waals surface area contributed by atoms with Crippen LogP contribution in [0.3, 0.4) is 0 Å². The molecule has 1 unspecified atom stereocenters. The summed E-state index contributed by atoms with van der Waals surface area (Å²) in [6.45, 7) is 1.78. The van der Waals surface area contributed by atoms with Gasteiger partial charge >= 0.3 is 0 Å². The van der Waals surface area contributed by atoms with Gasteiger partial charge in [0.2, 0.25) is 0 Å². The Morgan fingerprint density at radius 2 is 1.79 bits per heavy atom. The van der Waals surface area contributed by atoms with Crippen LogP contribution in [0.5, 0.6) is 0 Å². The molecule has 1 heterocycles. The first-order valence-electron chi connectivity index (χ1n) is 8.46. The van der Waals surface area contributed by atoms with Crippen molar-refractivity contribution in [1.82, 2.24) is 10.6 Å². The molecule has 2 aromatic rings. The second-order valence-corrected chi connectivity index (χ2v) is 6.15. The molecule has 128 valence electrons. The minimum absolute atomic E-state index is 0. The maximum absolute atomic E-state index is 12.5. The molecule has 0 saturated carbocycles. The standard InChI is InChI=1S/C20H24N2O.ClH/c23-20(22-15-18-10-6-14-21-18)19-11-5-4-9-17(19)13-12-16-7-2-1-3-8-16;/h1-5,7-9,11,18,21H,6,10,12-15H2,(H,22,23);1H. The molecule has 0 spiro atoms. The number of hydrogen-bond donors (Lipinski definition) is 2. The Morgan fingerprint density at radius 3 is 2.54 bits per heavy atom. The zero-order valence-electron chi connectivity index (χ0n) is 13.8. The summed E-state index contributed by atoms with van der Waals surface area (Å²) in [5.74, 6) is 0.0439. The van der Waals surface area contributed by atoms with E-state index in [-0.39, 0.29) is 18.3 Å². The van der Waals surface area contributed by atoms with E-state index in [9.17, 15) is 4.79 Å². The maximum Gasteiger partial charge on any atom is 0.251 e. The summed E-state index contributed by atoms with van der Waals surface area (Å²) >= 11 is 0. The quantitative estimate of drug-likeness (QED) is 0.843. The molecule has 3 rings (SSSR count). The molecule has 1 fully saturated rings. The van der Waals surface area contributed by atoms with Crippen molar-refractivity contribution in [2.75, 3.05) is 13.1 Å². The highest BCUT2D eigenvalue weighted by Crippen LogP contribution is 2.13. The highest BCUT2D eigenvalue weighted by Gasteiger charge is 2.16. The predicted molar refractivity (Wildman–Crippen MR) is 101 cm³/mol. The summed E-state index contributed by atoms with van der Waals surface area (Å²) < 4.78 is 0. The Morgan fingerprint density at radius 1 is 1.04 bits per heavy atom. The minimum atomic E-state index is 0. The average Bonchev–Trinajstić information content (AvgIpc) is 3.12. The summed E-state index contributed by atoms with van der Waals surface area (Å²) in [5, 5.41) is 6.49. The van der Waals surface area contributed by atoms with Gasteiger partial charge in [-0.3, -0.25) is 4.79 Å². The largest absolute Gasteiger partial charge is 0.350 e. The van der Waals surface area contributed by atoms with Crippen molar-refractivity contribution in [3.63, 3.8) is 0 Å². The molecule has 24 heavy (non-hydrogen) atoms. The lowest BCUT2D eigenvalue weighted by Crippen LogP contribution is -2.37. The van der Waals surface area contributed by atoms with Gasteiger partial charge < -0.3 is 10.6 Å². The van der Waals surface area contributed by atoms with Crippen LogP contribution in [-0.4, -0.2) is 25.0 Å². The summed E-state index contributed by atoms with van der Waals surface area (Å²) in [4.78, 5) is 12.5. The molecule has 4 heteroatoms. The van der Waals surface area contributed by atoms with Gasteiger partial charge in [-0.05, 0) is 49.4 Å². The fourth-order valence-electron chi connectivity index (χ4n) is 3.13. The fourth-order valence-corrected chi connectivity index (χ4v) is 3.13. The Labute approximate surface area is 150 Å². The van der Waals surface area contributed by atoms with Crippen LogP contribution in [-0.2, 0) is 12.8 Å². The van der Waals surface area contributed by atoms with Crippen LogP contribution in [0.2, 0.25) is 0 Å². The molecular formula is C20H25ClN2O. The number of halogens is 1. The van der Waals surface area contributed by atoms with Crippen LogP contribution in [0.15, 0.2) is 54.6 Å². The Hall–Kier alpha value is -1.84. The van der Waals surface area contributed by atoms with Crippen molar-refractivity contribution >= 4 is 18.3 Å². The number of hydrogen-bond acceptors (Lipinski definition) is 2. The molecule has 2 aromatic carbocycles. The summed E-state index contributed by atoms with van der Waals surface area (Å²) in [7, 11) is 0. The summed E-state index contributed by atoms with van der Waals surface area (Å²) in [5.41, 5.74) is 3.23. The SMILES string of the molecule is Cl.O=C(NCC1CCCN1)c1ccccc1CCc1ccccc1. The predicted octanol–water partition coefficient (Wildman–Crippen LogP) is 3.38. The second-order valence-electron chi connectivity index (χ2n) is 6.15. The van der Waals surface area contributed by atoms with E-state index in [1.54, 1.807) is 0 Å². The molecule has 1 amide bonds. The van der Waals surface area contributed by atoms with Crippen molar-refractivity contribution in [2.45, 2.75) is 31.7 Å². The van der Waals surface area contributed by atoms with E-state index in [1.165, 1.54) is 12.0 Å². The van der Waals surface area contributed by atoms with E-state index in [0.29, 0.717) is 12.6 Å². The van der Waals surface area contributed by atoms with Crippen molar-refractivity contribution in [2.24, 2.45) is 0 Å². The molecule has 1 saturated heterocycles. The monoisotopic (exact) mass is 344 g/mol. The maximum atomic E-state index is 12.5. The van der Waals surface area contributed by atoms with Crippen molar-refractivity contribution in [1.29, 1.82) is 0 Å². The van der Waals surface area contributed by atoms with Crippen molar-refractivity contribution < 1.29 is 4.79 Å². The van der Waals surface area contributed by atoms with Crippen molar-refractivity contribution in [3.05, 3.63) is 71.3 Å². The Bertz CT molecular complexity index is 639. The highest BCUT2D eigenvalue weighted by molar-refractivity contribution is 5.95. The van der Waals surface area contributed by atoms with E-state index in [0.717, 1.165) is 36.9 Å². The minimum Gasteiger partial charge on any atom is -0.350 e. The molecule has 0 aromatic heterocycles. The van der Waals surface area contributed by atoms with Crippen LogP contribution in [0.4, 0.5) is 0 Å². The van der Waals surface area contributed by atoms with E-state index >= 15 is 0 Å². The lowest BCUT2D eigenvalue weighted by molar-refractivity contribution is 0.0949. The fraction of sp³-hybridized carbons (Fsp3) is 0.350. The molecule has 1 aliphatic heterocycles. The normalized spacial score (nSPS) is 16.4. The zero-order chi connectivity index (χ0) is 15.9. The number of aryl methyl sites for hydroxylation is 2. The van der Waals surface area contributed by atoms with Crippen LogP contribution < -0.4 is 10.6 Å². The molecule has 0 radical (unpaired) electrons. The van der Waals surface area contributed by atoms with Crippen molar-refractivity contribution in [3.8, 4) is 0 Å². The molecule has 0 bridgehead atoms. The Kier molecular flexibility index (Phi) is 7.29. The number of carbonyl (C=O) groups is 1. The molecular weight excluding hydrogens is 320 g/mol. The topological polar surface area (TPSA) is 41.1 Å². The second kappa shape index (κ2) is 9.45. The smallest absolute Gasteiger partial charge is 0.251 e. The van der Waals surface area contributed by atoms with Crippen LogP contribution >= 0.6 is 12.4 Å². The van der Waals surface area contributed by atoms with Gasteiger partial charge in [-0.2, -0.15) is 0 Å². The van der Waals surface area contributed by atoms with E-state index in [2.05, 4.69) is 41.0 Å². The van der Waals surface area contributed by atoms with Gasteiger partial charge in [0.05, 0.1) is 0 Å². The lowest BCUT2D eigenvalue weighted by atomic mass is 9.99. The molecule has 1 atom stereocenters. The van der Waals surface area contributed by atoms with Crippen LogP contribution in [0, 0.1) is 0 Å². The first kappa shape index (κ1) is 18.5. The third-order valence-electron chi connectivity index (χ3n) is 4.46. The summed E-state index contributed by atoms with van der Waals surface area (Å²) in [6, 6.07) is 18.8. The van der Waals surface area contributed by atoms with Gasteiger partial charge in [0.25, 0.3) is 5.91 Å². The molecule has 2 N–H and O–H groups in total. The van der Waals surface area contributed by atoms with Gasteiger partial charge in [0.1, 0.15) is 0 Å². The first-order valence-corrected chi connectivity index (χ1v) is 8.46. The van der Waals surface area contributed by atoms with Crippen LogP contribution in [0.1, 0.15) is 34.3 Å². The highest BCUT2D eigenvalue weighted by atomic mass is 35.5. The number of benzene rings is 2. The zero-order valence-corrected chi connectivity index (χ0v) is 14.6. The third-order valence-corrected chi connectivity index (χ3v) is 4.46. The third kappa shape index (κ3) is 5.08. The number of amides is 1. The number of carbonyl (C=O) groups excluding carboxylic acids is 1. The van der Waals surface area contributed by atoms with Gasteiger partial charge in [-0.15, -0.1) is 12.4 Å². The van der Waals surface area contributed by atoms with E-state index < -0.39 is 0 Å². The first-order chi connectivity index (χ1) is 11.3. The molecule has 3 nitrogen and oxygen atoms in total. The van der Waals surface area contributed by atoms with Gasteiger partial charge in [-0.25, -0.2) is 0 Å². The number of nitrogens with one attached hydrogen (secondary N) is 2. The lowest BCUT2D eigenvalue weighted by Gasteiger charge is -2.13. The van der Waals surface area contributed by atoms with Crippen LogP contribution in [0.25, 0.3) is 0 Å². The average molecular weight is 345 g/mol.